The van der Waals surface area contributed by atoms with E-state index in [4.69, 9.17) is 4.52 Å². The Morgan fingerprint density at radius 3 is 2.64 bits per heavy atom. The summed E-state index contributed by atoms with van der Waals surface area (Å²) in [6.45, 7) is 5.81. The summed E-state index contributed by atoms with van der Waals surface area (Å²) in [6.07, 6.45) is 1.69. The summed E-state index contributed by atoms with van der Waals surface area (Å²) in [7, 11) is 0. The zero-order valence-corrected chi connectivity index (χ0v) is 8.83. The van der Waals surface area contributed by atoms with Crippen molar-refractivity contribution >= 4 is 11.8 Å². The van der Waals surface area contributed by atoms with Crippen molar-refractivity contribution in [1.29, 1.82) is 0 Å². The van der Waals surface area contributed by atoms with Crippen molar-refractivity contribution in [2.24, 2.45) is 5.92 Å². The summed E-state index contributed by atoms with van der Waals surface area (Å²) in [5.41, 5.74) is 0.768. The van der Waals surface area contributed by atoms with Crippen LogP contribution < -0.4 is 5.32 Å². The molecule has 0 unspecified atom stereocenters. The van der Waals surface area contributed by atoms with Gasteiger partial charge in [0.15, 0.2) is 0 Å². The topological polar surface area (TPSA) is 55.1 Å². The maximum Gasteiger partial charge on any atom is 0.231 e. The number of carbonyl (C=O) groups is 1. The number of rotatable bonds is 4. The fourth-order valence-corrected chi connectivity index (χ4v) is 1.31. The Labute approximate surface area is 83.7 Å². The normalized spacial score (nSPS) is 10.6. The van der Waals surface area contributed by atoms with Gasteiger partial charge in [0.25, 0.3) is 0 Å². The van der Waals surface area contributed by atoms with Crippen molar-refractivity contribution in [2.75, 3.05) is 5.32 Å². The molecule has 0 aliphatic rings. The molecule has 4 nitrogen and oxygen atoms in total. The first-order chi connectivity index (χ1) is 6.67. The van der Waals surface area contributed by atoms with Gasteiger partial charge in [0.2, 0.25) is 11.8 Å². The Hall–Kier alpha value is -1.32. The molecule has 14 heavy (non-hydrogen) atoms. The van der Waals surface area contributed by atoms with Crippen LogP contribution in [-0.4, -0.2) is 11.1 Å². The van der Waals surface area contributed by atoms with Crippen molar-refractivity contribution in [3.8, 4) is 0 Å². The van der Waals surface area contributed by atoms with Crippen LogP contribution in [0, 0.1) is 12.8 Å². The highest BCUT2D eigenvalue weighted by Gasteiger charge is 2.15. The van der Waals surface area contributed by atoms with E-state index in [9.17, 15) is 4.79 Å². The van der Waals surface area contributed by atoms with Crippen molar-refractivity contribution in [2.45, 2.75) is 33.6 Å². The largest absolute Gasteiger partial charge is 0.338 e. The summed E-state index contributed by atoms with van der Waals surface area (Å²) in [4.78, 5) is 11.6. The van der Waals surface area contributed by atoms with Crippen LogP contribution in [0.3, 0.4) is 0 Å². The third-order valence-electron chi connectivity index (χ3n) is 2.23. The molecule has 0 radical (unpaired) electrons. The van der Waals surface area contributed by atoms with Crippen LogP contribution in [-0.2, 0) is 4.79 Å². The molecule has 0 aromatic carbocycles. The quantitative estimate of drug-likeness (QED) is 0.804. The average Bonchev–Trinajstić information content (AvgIpc) is 2.53. The molecule has 78 valence electrons. The number of carbonyl (C=O) groups excluding carboxylic acids is 1. The molecule has 0 spiro atoms. The van der Waals surface area contributed by atoms with E-state index >= 15 is 0 Å². The Morgan fingerprint density at radius 1 is 1.57 bits per heavy atom. The smallest absolute Gasteiger partial charge is 0.231 e. The van der Waals surface area contributed by atoms with E-state index in [0.29, 0.717) is 5.88 Å². The van der Waals surface area contributed by atoms with Crippen LogP contribution in [0.15, 0.2) is 10.6 Å². The lowest BCUT2D eigenvalue weighted by Crippen LogP contribution is -2.21. The highest BCUT2D eigenvalue weighted by molar-refractivity contribution is 5.91. The molecular weight excluding hydrogens is 180 g/mol. The van der Waals surface area contributed by atoms with Crippen LogP contribution >= 0.6 is 0 Å². The average molecular weight is 196 g/mol. The van der Waals surface area contributed by atoms with Crippen LogP contribution in [0.2, 0.25) is 0 Å². The minimum Gasteiger partial charge on any atom is -0.338 e. The van der Waals surface area contributed by atoms with Crippen molar-refractivity contribution < 1.29 is 9.32 Å². The fraction of sp³-hybridized carbons (Fsp3) is 0.600. The number of aryl methyl sites for hydroxylation is 1. The van der Waals surface area contributed by atoms with Gasteiger partial charge in [0.05, 0.1) is 5.69 Å². The summed E-state index contributed by atoms with van der Waals surface area (Å²) in [5.74, 6) is 0.492. The first-order valence-corrected chi connectivity index (χ1v) is 4.91. The van der Waals surface area contributed by atoms with E-state index in [2.05, 4.69) is 10.5 Å². The van der Waals surface area contributed by atoms with Crippen LogP contribution in [0.1, 0.15) is 32.4 Å². The van der Waals surface area contributed by atoms with Crippen LogP contribution in [0.5, 0.6) is 0 Å². The molecule has 0 aliphatic heterocycles. The predicted molar refractivity (Wildman–Crippen MR) is 53.9 cm³/mol. The SMILES string of the molecule is CCC(CC)C(=O)Nc1cc(C)no1. The number of nitrogens with zero attached hydrogens (tertiary/aromatic N) is 1. The lowest BCUT2D eigenvalue weighted by Gasteiger charge is -2.09. The summed E-state index contributed by atoms with van der Waals surface area (Å²) >= 11 is 0. The van der Waals surface area contributed by atoms with Gasteiger partial charge in [-0.3, -0.25) is 10.1 Å². The molecule has 0 aliphatic carbocycles. The first-order valence-electron chi connectivity index (χ1n) is 4.91. The fourth-order valence-electron chi connectivity index (χ4n) is 1.31. The lowest BCUT2D eigenvalue weighted by atomic mass is 10.0. The number of anilines is 1. The van der Waals surface area contributed by atoms with Gasteiger partial charge in [-0.25, -0.2) is 0 Å². The standard InChI is InChI=1S/C10H16N2O2/c1-4-8(5-2)10(13)11-9-6-7(3)12-14-9/h6,8H,4-5H2,1-3H3,(H,11,13). The zero-order chi connectivity index (χ0) is 10.6. The Morgan fingerprint density at radius 2 is 2.21 bits per heavy atom. The summed E-state index contributed by atoms with van der Waals surface area (Å²) in [6, 6.07) is 1.71. The minimum atomic E-state index is 0.00569. The van der Waals surface area contributed by atoms with E-state index in [1.54, 1.807) is 6.07 Å². The maximum absolute atomic E-state index is 11.6. The number of hydrogen-bond acceptors (Lipinski definition) is 3. The zero-order valence-electron chi connectivity index (χ0n) is 8.83. The maximum atomic E-state index is 11.6. The molecule has 1 rings (SSSR count). The molecule has 0 bridgehead atoms. The molecule has 0 atom stereocenters. The highest BCUT2D eigenvalue weighted by atomic mass is 16.5. The highest BCUT2D eigenvalue weighted by Crippen LogP contribution is 2.13. The second-order valence-corrected chi connectivity index (χ2v) is 3.34. The lowest BCUT2D eigenvalue weighted by molar-refractivity contribution is -0.120. The van der Waals surface area contributed by atoms with Crippen LogP contribution in [0.25, 0.3) is 0 Å². The summed E-state index contributed by atoms with van der Waals surface area (Å²) < 4.78 is 4.89. The molecule has 1 amide bonds. The molecule has 1 N–H and O–H groups in total. The molecule has 0 fully saturated rings. The number of amides is 1. The van der Waals surface area contributed by atoms with E-state index < -0.39 is 0 Å². The molecule has 0 saturated carbocycles. The summed E-state index contributed by atoms with van der Waals surface area (Å²) in [5, 5.41) is 6.39. The molecule has 4 heteroatoms. The third kappa shape index (κ3) is 2.58. The van der Waals surface area contributed by atoms with Gasteiger partial charge in [-0.15, -0.1) is 0 Å². The Bertz CT molecular complexity index is 303. The minimum absolute atomic E-state index is 0.00569. The predicted octanol–water partition coefficient (Wildman–Crippen LogP) is 2.36. The van der Waals surface area contributed by atoms with Crippen molar-refractivity contribution in [3.05, 3.63) is 11.8 Å². The Kier molecular flexibility index (Phi) is 3.68. The van der Waals surface area contributed by atoms with E-state index in [1.165, 1.54) is 0 Å². The monoisotopic (exact) mass is 196 g/mol. The van der Waals surface area contributed by atoms with E-state index in [-0.39, 0.29) is 11.8 Å². The first kappa shape index (κ1) is 10.8. The Balaban J connectivity index is 2.56. The number of nitrogens with one attached hydrogen (secondary N) is 1. The number of hydrogen-bond donors (Lipinski definition) is 1. The van der Waals surface area contributed by atoms with E-state index in [0.717, 1.165) is 18.5 Å². The van der Waals surface area contributed by atoms with Gasteiger partial charge in [0, 0.05) is 12.0 Å². The number of aromatic nitrogens is 1. The van der Waals surface area contributed by atoms with E-state index in [1.807, 2.05) is 20.8 Å². The molecule has 1 heterocycles. The molecule has 1 aromatic rings. The van der Waals surface area contributed by atoms with Gasteiger partial charge in [-0.05, 0) is 19.8 Å². The van der Waals surface area contributed by atoms with Gasteiger partial charge in [0.1, 0.15) is 0 Å². The third-order valence-corrected chi connectivity index (χ3v) is 2.23. The molecular formula is C10H16N2O2. The van der Waals surface area contributed by atoms with Gasteiger partial charge < -0.3 is 4.52 Å². The van der Waals surface area contributed by atoms with Crippen molar-refractivity contribution in [3.63, 3.8) is 0 Å². The van der Waals surface area contributed by atoms with Gasteiger partial charge in [-0.2, -0.15) is 0 Å². The molecule has 0 saturated heterocycles. The second-order valence-electron chi connectivity index (χ2n) is 3.34. The van der Waals surface area contributed by atoms with Crippen LogP contribution in [0.4, 0.5) is 5.88 Å². The molecule has 1 aromatic heterocycles. The van der Waals surface area contributed by atoms with Gasteiger partial charge in [-0.1, -0.05) is 19.0 Å². The van der Waals surface area contributed by atoms with Crippen molar-refractivity contribution in [1.82, 2.24) is 5.16 Å². The second kappa shape index (κ2) is 4.79. The van der Waals surface area contributed by atoms with Gasteiger partial charge >= 0.3 is 0 Å².